The number of hydrogen-bond donors (Lipinski definition) is 2. The Morgan fingerprint density at radius 3 is 2.76 bits per heavy atom. The van der Waals surface area contributed by atoms with Crippen molar-refractivity contribution in [2.24, 2.45) is 0 Å². The van der Waals surface area contributed by atoms with Gasteiger partial charge in [-0.05, 0) is 26.0 Å². The number of amides is 1. The molecule has 0 aliphatic rings. The molecular formula is C15H18N4O2. The molecule has 3 N–H and O–H groups in total. The number of anilines is 1. The molecule has 0 saturated heterocycles. The molecule has 0 aliphatic carbocycles. The van der Waals surface area contributed by atoms with Gasteiger partial charge in [0.2, 0.25) is 0 Å². The van der Waals surface area contributed by atoms with E-state index in [0.717, 1.165) is 5.69 Å². The quantitative estimate of drug-likeness (QED) is 0.816. The van der Waals surface area contributed by atoms with E-state index in [4.69, 9.17) is 10.5 Å². The zero-order valence-electron chi connectivity index (χ0n) is 12.1. The largest absolute Gasteiger partial charge is 0.494 e. The lowest BCUT2D eigenvalue weighted by atomic mass is 10.1. The van der Waals surface area contributed by atoms with E-state index >= 15 is 0 Å². The van der Waals surface area contributed by atoms with Gasteiger partial charge in [-0.2, -0.15) is 0 Å². The third kappa shape index (κ3) is 4.17. The first-order valence-electron chi connectivity index (χ1n) is 6.67. The lowest BCUT2D eigenvalue weighted by Crippen LogP contribution is -2.23. The highest BCUT2D eigenvalue weighted by Crippen LogP contribution is 2.19. The smallest absolute Gasteiger partial charge is 0.251 e. The number of ether oxygens (including phenoxy) is 1. The van der Waals surface area contributed by atoms with Gasteiger partial charge in [0.15, 0.2) is 0 Å². The number of rotatable bonds is 5. The Morgan fingerprint density at radius 1 is 1.29 bits per heavy atom. The van der Waals surface area contributed by atoms with E-state index in [0.29, 0.717) is 35.8 Å². The summed E-state index contributed by atoms with van der Waals surface area (Å²) in [7, 11) is 0. The van der Waals surface area contributed by atoms with Gasteiger partial charge in [-0.1, -0.05) is 0 Å². The second kappa shape index (κ2) is 6.69. The SMILES string of the molecule is CCOc1cc(N)cc(C(=O)NCc2cnc(C)cn2)c1. The van der Waals surface area contributed by atoms with Crippen molar-refractivity contribution in [3.8, 4) is 5.75 Å². The van der Waals surface area contributed by atoms with Crippen LogP contribution in [0.5, 0.6) is 5.75 Å². The molecule has 0 aliphatic heterocycles. The fourth-order valence-electron chi connectivity index (χ4n) is 1.79. The van der Waals surface area contributed by atoms with Gasteiger partial charge in [0, 0.05) is 23.5 Å². The van der Waals surface area contributed by atoms with Crippen molar-refractivity contribution >= 4 is 11.6 Å². The molecule has 1 aromatic carbocycles. The number of carbonyl (C=O) groups is 1. The number of aromatic nitrogens is 2. The Balaban J connectivity index is 2.04. The molecule has 0 unspecified atom stereocenters. The number of hydrogen-bond acceptors (Lipinski definition) is 5. The molecule has 2 aromatic rings. The highest BCUT2D eigenvalue weighted by molar-refractivity contribution is 5.95. The van der Waals surface area contributed by atoms with Gasteiger partial charge in [0.25, 0.3) is 5.91 Å². The van der Waals surface area contributed by atoms with Crippen molar-refractivity contribution in [3.05, 3.63) is 47.5 Å². The van der Waals surface area contributed by atoms with Gasteiger partial charge >= 0.3 is 0 Å². The maximum Gasteiger partial charge on any atom is 0.251 e. The van der Waals surface area contributed by atoms with Crippen molar-refractivity contribution < 1.29 is 9.53 Å². The molecule has 0 radical (unpaired) electrons. The fraction of sp³-hybridized carbons (Fsp3) is 0.267. The number of carbonyl (C=O) groups excluding carboxylic acids is 1. The molecule has 0 atom stereocenters. The summed E-state index contributed by atoms with van der Waals surface area (Å²) < 4.78 is 5.37. The van der Waals surface area contributed by atoms with Crippen LogP contribution in [0.4, 0.5) is 5.69 Å². The maximum atomic E-state index is 12.1. The summed E-state index contributed by atoms with van der Waals surface area (Å²) in [5, 5.41) is 2.78. The maximum absolute atomic E-state index is 12.1. The molecule has 0 spiro atoms. The van der Waals surface area contributed by atoms with Crippen LogP contribution in [0, 0.1) is 6.92 Å². The molecule has 6 nitrogen and oxygen atoms in total. The van der Waals surface area contributed by atoms with Crippen molar-refractivity contribution in [3.63, 3.8) is 0 Å². The number of aryl methyl sites for hydroxylation is 1. The van der Waals surface area contributed by atoms with E-state index in [2.05, 4.69) is 15.3 Å². The van der Waals surface area contributed by atoms with Gasteiger partial charge in [0.1, 0.15) is 5.75 Å². The summed E-state index contributed by atoms with van der Waals surface area (Å²) in [5.41, 5.74) is 8.25. The van der Waals surface area contributed by atoms with E-state index in [1.54, 1.807) is 30.6 Å². The molecule has 0 fully saturated rings. The Morgan fingerprint density at radius 2 is 2.10 bits per heavy atom. The molecule has 21 heavy (non-hydrogen) atoms. The van der Waals surface area contributed by atoms with Crippen LogP contribution in [0.15, 0.2) is 30.6 Å². The Hall–Kier alpha value is -2.63. The Bertz CT molecular complexity index is 626. The van der Waals surface area contributed by atoms with Gasteiger partial charge in [0.05, 0.1) is 30.7 Å². The van der Waals surface area contributed by atoms with E-state index in [9.17, 15) is 4.79 Å². The minimum Gasteiger partial charge on any atom is -0.494 e. The number of nitrogens with two attached hydrogens (primary N) is 1. The molecule has 1 aromatic heterocycles. The Kier molecular flexibility index (Phi) is 4.71. The van der Waals surface area contributed by atoms with Crippen LogP contribution in [0.2, 0.25) is 0 Å². The minimum absolute atomic E-state index is 0.231. The molecule has 6 heteroatoms. The molecule has 1 amide bonds. The van der Waals surface area contributed by atoms with Crippen molar-refractivity contribution in [1.82, 2.24) is 15.3 Å². The van der Waals surface area contributed by atoms with E-state index in [-0.39, 0.29) is 5.91 Å². The van der Waals surface area contributed by atoms with Crippen molar-refractivity contribution in [1.29, 1.82) is 0 Å². The minimum atomic E-state index is -0.231. The standard InChI is InChI=1S/C15H18N4O2/c1-3-21-14-5-11(4-12(16)6-14)15(20)19-9-13-8-17-10(2)7-18-13/h4-8H,3,9,16H2,1-2H3,(H,19,20). The fourth-order valence-corrected chi connectivity index (χ4v) is 1.79. The number of nitrogen functional groups attached to an aromatic ring is 1. The van der Waals surface area contributed by atoms with Crippen molar-refractivity contribution in [2.75, 3.05) is 12.3 Å². The second-order valence-corrected chi connectivity index (χ2v) is 4.56. The average molecular weight is 286 g/mol. The summed E-state index contributed by atoms with van der Waals surface area (Å²) >= 11 is 0. The van der Waals surface area contributed by atoms with Crippen LogP contribution >= 0.6 is 0 Å². The van der Waals surface area contributed by atoms with Gasteiger partial charge in [-0.25, -0.2) is 0 Å². The number of nitrogens with one attached hydrogen (secondary N) is 1. The molecule has 0 saturated carbocycles. The Labute approximate surface area is 123 Å². The average Bonchev–Trinajstić information content (AvgIpc) is 2.46. The normalized spacial score (nSPS) is 10.2. The van der Waals surface area contributed by atoms with Crippen LogP contribution in [-0.2, 0) is 6.54 Å². The van der Waals surface area contributed by atoms with Crippen LogP contribution < -0.4 is 15.8 Å². The molecule has 110 valence electrons. The predicted molar refractivity (Wildman–Crippen MR) is 80.0 cm³/mol. The monoisotopic (exact) mass is 286 g/mol. The van der Waals surface area contributed by atoms with Gasteiger partial charge < -0.3 is 15.8 Å². The summed E-state index contributed by atoms with van der Waals surface area (Å²) in [6, 6.07) is 4.96. The first-order valence-corrected chi connectivity index (χ1v) is 6.67. The molecule has 2 rings (SSSR count). The highest BCUT2D eigenvalue weighted by Gasteiger charge is 2.09. The summed E-state index contributed by atoms with van der Waals surface area (Å²) in [4.78, 5) is 20.4. The summed E-state index contributed by atoms with van der Waals surface area (Å²) in [6.07, 6.45) is 3.30. The molecule has 0 bridgehead atoms. The summed E-state index contributed by atoms with van der Waals surface area (Å²) in [5.74, 6) is 0.350. The lowest BCUT2D eigenvalue weighted by Gasteiger charge is -2.09. The predicted octanol–water partition coefficient (Wildman–Crippen LogP) is 1.70. The first-order chi connectivity index (χ1) is 10.1. The third-order valence-corrected chi connectivity index (χ3v) is 2.77. The van der Waals surface area contributed by atoms with Crippen molar-refractivity contribution in [2.45, 2.75) is 20.4 Å². The molecule has 1 heterocycles. The molecular weight excluding hydrogens is 268 g/mol. The first kappa shape index (κ1) is 14.8. The topological polar surface area (TPSA) is 90.1 Å². The van der Waals surface area contributed by atoms with Crippen LogP contribution in [0.25, 0.3) is 0 Å². The van der Waals surface area contributed by atoms with E-state index in [1.807, 2.05) is 13.8 Å². The highest BCUT2D eigenvalue weighted by atomic mass is 16.5. The third-order valence-electron chi connectivity index (χ3n) is 2.77. The van der Waals surface area contributed by atoms with Crippen LogP contribution in [0.1, 0.15) is 28.7 Å². The van der Waals surface area contributed by atoms with Gasteiger partial charge in [-0.3, -0.25) is 14.8 Å². The van der Waals surface area contributed by atoms with Gasteiger partial charge in [-0.15, -0.1) is 0 Å². The number of benzene rings is 1. The second-order valence-electron chi connectivity index (χ2n) is 4.56. The van der Waals surface area contributed by atoms with Crippen LogP contribution in [-0.4, -0.2) is 22.5 Å². The van der Waals surface area contributed by atoms with E-state index < -0.39 is 0 Å². The zero-order chi connectivity index (χ0) is 15.2. The van der Waals surface area contributed by atoms with E-state index in [1.165, 1.54) is 0 Å². The summed E-state index contributed by atoms with van der Waals surface area (Å²) in [6.45, 7) is 4.56. The number of nitrogens with zero attached hydrogens (tertiary/aromatic N) is 2. The zero-order valence-corrected chi connectivity index (χ0v) is 12.1. The van der Waals surface area contributed by atoms with Crippen LogP contribution in [0.3, 0.4) is 0 Å². The lowest BCUT2D eigenvalue weighted by molar-refractivity contribution is 0.0950.